The third-order valence-electron chi connectivity index (χ3n) is 2.65. The first kappa shape index (κ1) is 11.8. The zero-order valence-electron chi connectivity index (χ0n) is 9.78. The van der Waals surface area contributed by atoms with Crippen LogP contribution in [0.4, 0.5) is 0 Å². The summed E-state index contributed by atoms with van der Waals surface area (Å²) >= 11 is 2.00. The normalized spacial score (nSPS) is 16.5. The second-order valence-electron chi connectivity index (χ2n) is 3.64. The van der Waals surface area contributed by atoms with E-state index in [0.29, 0.717) is 19.0 Å². The molecule has 82 valence electrons. The molecule has 1 aromatic rings. The fourth-order valence-electron chi connectivity index (χ4n) is 1.79. The quantitative estimate of drug-likeness (QED) is 0.691. The molecule has 0 saturated carbocycles. The fourth-order valence-corrected chi connectivity index (χ4v) is 1.79. The monoisotopic (exact) mass is 216 g/mol. The minimum atomic E-state index is -0.278. The van der Waals surface area contributed by atoms with Gasteiger partial charge in [-0.25, -0.2) is 0 Å². The molecule has 4 nitrogen and oxygen atoms in total. The van der Waals surface area contributed by atoms with Gasteiger partial charge in [0, 0.05) is 0 Å². The third-order valence-corrected chi connectivity index (χ3v) is 2.65. The zero-order chi connectivity index (χ0) is 11.5. The second kappa shape index (κ2) is 5.11. The Balaban J connectivity index is 2.37. The Morgan fingerprint density at radius 2 is 1.69 bits per heavy atom. The summed E-state index contributed by atoms with van der Waals surface area (Å²) in [5, 5.41) is 0. The summed E-state index contributed by atoms with van der Waals surface area (Å²) in [6.45, 7) is 1.27. The van der Waals surface area contributed by atoms with Gasteiger partial charge in [-0.2, -0.15) is 0 Å². The maximum atomic E-state index is 5.47. The summed E-state index contributed by atoms with van der Waals surface area (Å²) in [7, 11) is 3.24. The van der Waals surface area contributed by atoms with E-state index in [4.69, 9.17) is 18.9 Å². The Morgan fingerprint density at radius 1 is 1.12 bits per heavy atom. The van der Waals surface area contributed by atoms with Gasteiger partial charge in [0.2, 0.25) is 0 Å². The standard InChI is InChI=1S/C11H13O4.Li/c1-12-9-4-3-8(7-10(9)13-2)11-14-5-6-15-11;/h4,7,11H,5-6H2,1-2H3;. The molecule has 0 N–H and O–H groups in total. The molecule has 1 aliphatic heterocycles. The Bertz CT molecular complexity index is 374. The molecule has 0 atom stereocenters. The Kier molecular flexibility index (Phi) is 3.77. The van der Waals surface area contributed by atoms with Crippen molar-refractivity contribution in [3.05, 3.63) is 17.7 Å². The van der Waals surface area contributed by atoms with Gasteiger partial charge in [0.05, 0.1) is 0 Å². The van der Waals surface area contributed by atoms with Crippen LogP contribution in [0.3, 0.4) is 0 Å². The summed E-state index contributed by atoms with van der Waals surface area (Å²) in [6, 6.07) is 3.84. The number of methoxy groups -OCH3 is 2. The molecule has 5 heteroatoms. The number of hydrogen-bond acceptors (Lipinski definition) is 4. The molecule has 0 amide bonds. The molecular formula is C11H13LiO4. The van der Waals surface area contributed by atoms with Gasteiger partial charge in [-0.3, -0.25) is 0 Å². The van der Waals surface area contributed by atoms with Gasteiger partial charge < -0.3 is 0 Å². The molecule has 1 aliphatic rings. The SMILES string of the molecule is [Li][c]1cc(OC)c(OC)cc1C1OCCO1. The molecule has 2 rings (SSSR count). The van der Waals surface area contributed by atoms with Gasteiger partial charge in [-0.1, -0.05) is 0 Å². The number of rotatable bonds is 3. The van der Waals surface area contributed by atoms with Crippen molar-refractivity contribution in [1.29, 1.82) is 0 Å². The molecule has 1 fully saturated rings. The average Bonchev–Trinajstić information content (AvgIpc) is 2.82. The van der Waals surface area contributed by atoms with Crippen molar-refractivity contribution >= 4 is 22.0 Å². The van der Waals surface area contributed by atoms with Crippen molar-refractivity contribution in [1.82, 2.24) is 0 Å². The van der Waals surface area contributed by atoms with Crippen LogP contribution in [0.1, 0.15) is 11.9 Å². The van der Waals surface area contributed by atoms with E-state index in [-0.39, 0.29) is 6.29 Å². The molecule has 0 bridgehead atoms. The summed E-state index contributed by atoms with van der Waals surface area (Å²) in [5.41, 5.74) is 0.996. The van der Waals surface area contributed by atoms with Crippen LogP contribution in [0.15, 0.2) is 12.1 Å². The predicted octanol–water partition coefficient (Wildman–Crippen LogP) is 0.543. The summed E-state index contributed by atoms with van der Waals surface area (Å²) in [6.07, 6.45) is -0.278. The molecule has 1 aromatic carbocycles. The van der Waals surface area contributed by atoms with Crippen molar-refractivity contribution < 1.29 is 18.9 Å². The molecule has 0 spiro atoms. The summed E-state index contributed by atoms with van der Waals surface area (Å²) in [4.78, 5) is 0. The first-order valence-electron chi connectivity index (χ1n) is 5.22. The summed E-state index contributed by atoms with van der Waals surface area (Å²) < 4.78 is 22.5. The minimum absolute atomic E-state index is 0.278. The van der Waals surface area contributed by atoms with E-state index in [9.17, 15) is 0 Å². The van der Waals surface area contributed by atoms with Crippen molar-refractivity contribution in [2.75, 3.05) is 27.4 Å². The Labute approximate surface area is 104 Å². The van der Waals surface area contributed by atoms with Gasteiger partial charge >= 0.3 is 104 Å². The van der Waals surface area contributed by atoms with E-state index < -0.39 is 0 Å². The van der Waals surface area contributed by atoms with Gasteiger partial charge in [0.1, 0.15) is 0 Å². The first-order chi connectivity index (χ1) is 7.76. The van der Waals surface area contributed by atoms with Crippen LogP contribution in [-0.4, -0.2) is 45.1 Å². The fraction of sp³-hybridized carbons (Fsp3) is 0.455. The number of ether oxygens (including phenoxy) is 4. The van der Waals surface area contributed by atoms with E-state index in [1.807, 2.05) is 29.8 Å². The van der Waals surface area contributed by atoms with Crippen molar-refractivity contribution in [2.45, 2.75) is 6.29 Å². The first-order valence-corrected chi connectivity index (χ1v) is 5.22. The molecule has 0 unspecified atom stereocenters. The molecular weight excluding hydrogens is 203 g/mol. The number of hydrogen-bond donors (Lipinski definition) is 0. The van der Waals surface area contributed by atoms with Crippen LogP contribution in [0.2, 0.25) is 0 Å². The van der Waals surface area contributed by atoms with Crippen molar-refractivity contribution in [3.63, 3.8) is 0 Å². The molecule has 1 heterocycles. The maximum absolute atomic E-state index is 5.47. The van der Waals surface area contributed by atoms with E-state index in [1.54, 1.807) is 14.2 Å². The van der Waals surface area contributed by atoms with Crippen molar-refractivity contribution in [3.8, 4) is 11.5 Å². The van der Waals surface area contributed by atoms with Crippen molar-refractivity contribution in [2.24, 2.45) is 0 Å². The van der Waals surface area contributed by atoms with Crippen LogP contribution >= 0.6 is 0 Å². The molecule has 16 heavy (non-hydrogen) atoms. The van der Waals surface area contributed by atoms with E-state index >= 15 is 0 Å². The van der Waals surface area contributed by atoms with Crippen LogP contribution in [0, 0.1) is 0 Å². The number of benzene rings is 1. The molecule has 1 saturated heterocycles. The molecule has 0 aromatic heterocycles. The van der Waals surface area contributed by atoms with Gasteiger partial charge in [0.15, 0.2) is 0 Å². The molecule has 0 aliphatic carbocycles. The third kappa shape index (κ3) is 2.21. The van der Waals surface area contributed by atoms with E-state index in [0.717, 1.165) is 15.5 Å². The summed E-state index contributed by atoms with van der Waals surface area (Å²) in [5.74, 6) is 1.42. The Morgan fingerprint density at radius 3 is 2.25 bits per heavy atom. The van der Waals surface area contributed by atoms with E-state index in [2.05, 4.69) is 0 Å². The topological polar surface area (TPSA) is 36.9 Å². The second-order valence-corrected chi connectivity index (χ2v) is 3.64. The van der Waals surface area contributed by atoms with E-state index in [1.165, 1.54) is 0 Å². The van der Waals surface area contributed by atoms with Crippen LogP contribution in [0.5, 0.6) is 11.5 Å². The zero-order valence-corrected chi connectivity index (χ0v) is 9.78. The molecule has 0 radical (unpaired) electrons. The van der Waals surface area contributed by atoms with Gasteiger partial charge in [0.25, 0.3) is 0 Å². The van der Waals surface area contributed by atoms with Gasteiger partial charge in [-0.15, -0.1) is 0 Å². The van der Waals surface area contributed by atoms with Crippen LogP contribution in [0.25, 0.3) is 0 Å². The van der Waals surface area contributed by atoms with Gasteiger partial charge in [-0.05, 0) is 0 Å². The average molecular weight is 216 g/mol. The Hall–Kier alpha value is -0.663. The predicted molar refractivity (Wildman–Crippen MR) is 59.6 cm³/mol. The van der Waals surface area contributed by atoms with Crippen LogP contribution in [-0.2, 0) is 9.47 Å². The van der Waals surface area contributed by atoms with Crippen LogP contribution < -0.4 is 13.7 Å².